The van der Waals surface area contributed by atoms with Gasteiger partial charge in [-0.15, -0.1) is 0 Å². The van der Waals surface area contributed by atoms with Gasteiger partial charge in [0.15, 0.2) is 0 Å². The van der Waals surface area contributed by atoms with Crippen LogP contribution in [0.5, 0.6) is 0 Å². The summed E-state index contributed by atoms with van der Waals surface area (Å²) in [5.41, 5.74) is 2.77. The van der Waals surface area contributed by atoms with E-state index in [1.165, 1.54) is 54.3 Å². The minimum absolute atomic E-state index is 0.771. The van der Waals surface area contributed by atoms with Crippen molar-refractivity contribution in [2.24, 2.45) is 5.92 Å². The van der Waals surface area contributed by atoms with Crippen molar-refractivity contribution in [1.82, 2.24) is 9.47 Å². The van der Waals surface area contributed by atoms with Gasteiger partial charge in [0.2, 0.25) is 0 Å². The van der Waals surface area contributed by atoms with Gasteiger partial charge in [0.05, 0.1) is 0 Å². The maximum absolute atomic E-state index is 2.60. The van der Waals surface area contributed by atoms with E-state index in [2.05, 4.69) is 64.9 Å². The Kier molecular flexibility index (Phi) is 3.63. The van der Waals surface area contributed by atoms with Crippen LogP contribution in [-0.4, -0.2) is 29.1 Å². The van der Waals surface area contributed by atoms with E-state index in [1.807, 2.05) is 0 Å². The van der Waals surface area contributed by atoms with Gasteiger partial charge in [-0.25, -0.2) is 0 Å². The molecule has 0 bridgehead atoms. The van der Waals surface area contributed by atoms with Crippen molar-refractivity contribution in [3.05, 3.63) is 48.5 Å². The maximum atomic E-state index is 2.60. The molecule has 0 saturated carbocycles. The lowest BCUT2D eigenvalue weighted by Gasteiger charge is -2.32. The van der Waals surface area contributed by atoms with Crippen molar-refractivity contribution in [3.8, 4) is 0 Å². The van der Waals surface area contributed by atoms with Crippen molar-refractivity contribution in [2.45, 2.75) is 26.3 Å². The summed E-state index contributed by atoms with van der Waals surface area (Å²) in [6.07, 6.45) is 2.70. The molecule has 0 radical (unpaired) electrons. The minimum Gasteiger partial charge on any atom is -0.340 e. The van der Waals surface area contributed by atoms with E-state index in [-0.39, 0.29) is 0 Å². The molecule has 2 heteroatoms. The zero-order chi connectivity index (χ0) is 14.9. The Morgan fingerprint density at radius 2 is 1.59 bits per heavy atom. The summed E-state index contributed by atoms with van der Waals surface area (Å²) in [5.74, 6) is 0.771. The highest BCUT2D eigenvalue weighted by Crippen LogP contribution is 2.30. The first kappa shape index (κ1) is 13.8. The van der Waals surface area contributed by atoms with Gasteiger partial charge in [-0.3, -0.25) is 0 Å². The number of benzene rings is 2. The van der Waals surface area contributed by atoms with Crippen LogP contribution < -0.4 is 0 Å². The molecule has 1 atom stereocenters. The van der Waals surface area contributed by atoms with Crippen molar-refractivity contribution in [2.75, 3.05) is 19.6 Å². The molecule has 2 heterocycles. The molecule has 0 N–H and O–H groups in total. The van der Waals surface area contributed by atoms with Crippen LogP contribution in [0.15, 0.2) is 48.5 Å². The summed E-state index contributed by atoms with van der Waals surface area (Å²) in [5, 5.41) is 2.78. The first-order chi connectivity index (χ1) is 10.9. The summed E-state index contributed by atoms with van der Waals surface area (Å²) >= 11 is 0. The molecule has 1 fully saturated rings. The van der Waals surface area contributed by atoms with Crippen LogP contribution in [0, 0.1) is 5.92 Å². The molecule has 1 aliphatic rings. The first-order valence-corrected chi connectivity index (χ1v) is 8.55. The number of para-hydroxylation sites is 2. The molecule has 4 rings (SSSR count). The number of hydrogen-bond acceptors (Lipinski definition) is 1. The van der Waals surface area contributed by atoms with Gasteiger partial charge in [0, 0.05) is 34.9 Å². The van der Waals surface area contributed by atoms with Crippen molar-refractivity contribution >= 4 is 21.8 Å². The van der Waals surface area contributed by atoms with E-state index in [0.29, 0.717) is 0 Å². The highest BCUT2D eigenvalue weighted by molar-refractivity contribution is 6.07. The molecule has 1 unspecified atom stereocenters. The average Bonchev–Trinajstić information content (AvgIpc) is 2.90. The number of likely N-dealkylation sites (tertiary alicyclic amines) is 1. The third kappa shape index (κ3) is 2.32. The number of nitrogens with zero attached hydrogens (tertiary/aromatic N) is 2. The number of aromatic nitrogens is 1. The highest BCUT2D eigenvalue weighted by atomic mass is 15.1. The van der Waals surface area contributed by atoms with Gasteiger partial charge in [0.1, 0.15) is 0 Å². The Labute approximate surface area is 132 Å². The van der Waals surface area contributed by atoms with Gasteiger partial charge >= 0.3 is 0 Å². The van der Waals surface area contributed by atoms with Crippen LogP contribution in [0.3, 0.4) is 0 Å². The SMILES string of the molecule is CCN1CCCC(Cn2c3ccccc3c3ccccc32)C1. The molecule has 0 spiro atoms. The topological polar surface area (TPSA) is 8.17 Å². The lowest BCUT2D eigenvalue weighted by atomic mass is 9.98. The molecule has 114 valence electrons. The number of piperidine rings is 1. The molecule has 3 aromatic rings. The molecular formula is C20H24N2. The van der Waals surface area contributed by atoms with Crippen LogP contribution in [0.2, 0.25) is 0 Å². The second-order valence-corrected chi connectivity index (χ2v) is 6.55. The summed E-state index contributed by atoms with van der Waals surface area (Å²) in [7, 11) is 0. The predicted molar refractivity (Wildman–Crippen MR) is 94.3 cm³/mol. The van der Waals surface area contributed by atoms with Gasteiger partial charge in [0.25, 0.3) is 0 Å². The molecule has 0 amide bonds. The van der Waals surface area contributed by atoms with Gasteiger partial charge in [-0.1, -0.05) is 43.3 Å². The molecule has 1 aromatic heterocycles. The summed E-state index contributed by atoms with van der Waals surface area (Å²) < 4.78 is 2.55. The molecule has 2 aromatic carbocycles. The quantitative estimate of drug-likeness (QED) is 0.688. The number of fused-ring (bicyclic) bond motifs is 3. The largest absolute Gasteiger partial charge is 0.340 e. The summed E-state index contributed by atoms with van der Waals surface area (Å²) in [6, 6.07) is 17.7. The predicted octanol–water partition coefficient (Wildman–Crippen LogP) is 4.53. The monoisotopic (exact) mass is 292 g/mol. The average molecular weight is 292 g/mol. The number of rotatable bonds is 3. The van der Waals surface area contributed by atoms with Crippen LogP contribution in [0.25, 0.3) is 21.8 Å². The molecular weight excluding hydrogens is 268 g/mol. The Morgan fingerprint density at radius 1 is 0.955 bits per heavy atom. The molecule has 2 nitrogen and oxygen atoms in total. The van der Waals surface area contributed by atoms with E-state index >= 15 is 0 Å². The standard InChI is InChI=1S/C20H24N2/c1-2-21-13-7-8-16(14-21)15-22-19-11-5-3-9-17(19)18-10-4-6-12-20(18)22/h3-6,9-12,16H,2,7-8,13-15H2,1H3. The van der Waals surface area contributed by atoms with Gasteiger partial charge in [-0.2, -0.15) is 0 Å². The van der Waals surface area contributed by atoms with Crippen molar-refractivity contribution < 1.29 is 0 Å². The van der Waals surface area contributed by atoms with E-state index in [4.69, 9.17) is 0 Å². The summed E-state index contributed by atoms with van der Waals surface area (Å²) in [4.78, 5) is 2.60. The van der Waals surface area contributed by atoms with Crippen LogP contribution in [0.1, 0.15) is 19.8 Å². The zero-order valence-corrected chi connectivity index (χ0v) is 13.3. The Hall–Kier alpha value is -1.80. The van der Waals surface area contributed by atoms with E-state index in [9.17, 15) is 0 Å². The third-order valence-electron chi connectivity index (χ3n) is 5.17. The zero-order valence-electron chi connectivity index (χ0n) is 13.3. The highest BCUT2D eigenvalue weighted by Gasteiger charge is 2.20. The molecule has 22 heavy (non-hydrogen) atoms. The lowest BCUT2D eigenvalue weighted by molar-refractivity contribution is 0.172. The Balaban J connectivity index is 1.76. The second kappa shape index (κ2) is 5.77. The number of hydrogen-bond donors (Lipinski definition) is 0. The van der Waals surface area contributed by atoms with Crippen LogP contribution in [0.4, 0.5) is 0 Å². The maximum Gasteiger partial charge on any atom is 0.0491 e. The van der Waals surface area contributed by atoms with Gasteiger partial charge < -0.3 is 9.47 Å². The van der Waals surface area contributed by atoms with Gasteiger partial charge in [-0.05, 0) is 44.0 Å². The fraction of sp³-hybridized carbons (Fsp3) is 0.400. The Bertz CT molecular complexity index is 733. The van der Waals surface area contributed by atoms with Crippen LogP contribution >= 0.6 is 0 Å². The van der Waals surface area contributed by atoms with Crippen LogP contribution in [-0.2, 0) is 6.54 Å². The normalized spacial score (nSPS) is 20.0. The van der Waals surface area contributed by atoms with E-state index < -0.39 is 0 Å². The minimum atomic E-state index is 0.771. The van der Waals surface area contributed by atoms with Crippen molar-refractivity contribution in [1.29, 1.82) is 0 Å². The molecule has 1 saturated heterocycles. The summed E-state index contributed by atoms with van der Waals surface area (Å²) in [6.45, 7) is 7.13. The fourth-order valence-electron chi connectivity index (χ4n) is 4.05. The Morgan fingerprint density at radius 3 is 2.23 bits per heavy atom. The lowest BCUT2D eigenvalue weighted by Crippen LogP contribution is -2.36. The van der Waals surface area contributed by atoms with Crippen molar-refractivity contribution in [3.63, 3.8) is 0 Å². The molecule has 0 aliphatic carbocycles. The first-order valence-electron chi connectivity index (χ1n) is 8.55. The molecule has 1 aliphatic heterocycles. The third-order valence-corrected chi connectivity index (χ3v) is 5.17. The fourth-order valence-corrected chi connectivity index (χ4v) is 4.05. The van der Waals surface area contributed by atoms with E-state index in [0.717, 1.165) is 12.5 Å². The smallest absolute Gasteiger partial charge is 0.0491 e. The van der Waals surface area contributed by atoms with E-state index in [1.54, 1.807) is 0 Å². The second-order valence-electron chi connectivity index (χ2n) is 6.55.